The molecular weight excluding hydrogens is 248 g/mol. The first-order valence-corrected chi connectivity index (χ1v) is 5.78. The van der Waals surface area contributed by atoms with E-state index in [1.807, 2.05) is 0 Å². The van der Waals surface area contributed by atoms with E-state index in [1.54, 1.807) is 14.2 Å². The smallest absolute Gasteiger partial charge is 0.142 e. The summed E-state index contributed by atoms with van der Waals surface area (Å²) in [6, 6.07) is 1.91. The molecule has 0 spiro atoms. The van der Waals surface area contributed by atoms with Crippen LogP contribution in [0.5, 0.6) is 0 Å². The maximum atomic E-state index is 13.7. The Hall–Kier alpha value is -0.710. The van der Waals surface area contributed by atoms with Gasteiger partial charge in [-0.3, -0.25) is 0 Å². The molecule has 0 saturated heterocycles. The third-order valence-electron chi connectivity index (χ3n) is 2.60. The maximum absolute atomic E-state index is 13.7. The fourth-order valence-electron chi connectivity index (χ4n) is 1.69. The quantitative estimate of drug-likeness (QED) is 0.628. The molecule has 1 rings (SSSR count). The highest BCUT2D eigenvalue weighted by Gasteiger charge is 2.16. The Kier molecular flexibility index (Phi) is 5.82. The summed E-state index contributed by atoms with van der Waals surface area (Å²) in [5.41, 5.74) is 0.297. The van der Waals surface area contributed by atoms with Gasteiger partial charge in [0.2, 0.25) is 0 Å². The zero-order valence-electron chi connectivity index (χ0n) is 9.90. The van der Waals surface area contributed by atoms with E-state index in [0.717, 1.165) is 18.6 Å². The number of halogens is 3. The van der Waals surface area contributed by atoms with Crippen LogP contribution < -0.4 is 5.32 Å². The summed E-state index contributed by atoms with van der Waals surface area (Å²) < 4.78 is 31.9. The van der Waals surface area contributed by atoms with E-state index in [9.17, 15) is 8.78 Å². The fourth-order valence-corrected chi connectivity index (χ4v) is 1.84. The van der Waals surface area contributed by atoms with Crippen molar-refractivity contribution >= 4 is 11.6 Å². The largest absolute Gasteiger partial charge is 0.385 e. The number of hydrogen-bond donors (Lipinski definition) is 1. The van der Waals surface area contributed by atoms with Gasteiger partial charge in [0.1, 0.15) is 11.6 Å². The Morgan fingerprint density at radius 3 is 2.65 bits per heavy atom. The molecule has 1 unspecified atom stereocenters. The minimum Gasteiger partial charge on any atom is -0.385 e. The van der Waals surface area contributed by atoms with Crippen molar-refractivity contribution in [2.75, 3.05) is 20.8 Å². The molecule has 0 aliphatic heterocycles. The van der Waals surface area contributed by atoms with E-state index >= 15 is 0 Å². The predicted molar refractivity (Wildman–Crippen MR) is 64.3 cm³/mol. The zero-order valence-corrected chi connectivity index (χ0v) is 10.7. The molecule has 17 heavy (non-hydrogen) atoms. The van der Waals surface area contributed by atoms with Crippen molar-refractivity contribution in [3.8, 4) is 0 Å². The molecule has 1 aromatic rings. The van der Waals surface area contributed by atoms with Gasteiger partial charge < -0.3 is 10.1 Å². The summed E-state index contributed by atoms with van der Waals surface area (Å²) in [5, 5.41) is 2.76. The van der Waals surface area contributed by atoms with Gasteiger partial charge in [0.15, 0.2) is 0 Å². The van der Waals surface area contributed by atoms with Crippen LogP contribution in [-0.4, -0.2) is 20.8 Å². The number of methoxy groups -OCH3 is 1. The molecule has 96 valence electrons. The van der Waals surface area contributed by atoms with Crippen LogP contribution in [0.25, 0.3) is 0 Å². The highest BCUT2D eigenvalue weighted by atomic mass is 35.5. The minimum absolute atomic E-state index is 0.196. The molecule has 0 saturated carbocycles. The molecule has 0 fully saturated rings. The Morgan fingerprint density at radius 1 is 1.35 bits per heavy atom. The molecule has 2 nitrogen and oxygen atoms in total. The lowest BCUT2D eigenvalue weighted by Gasteiger charge is -2.17. The van der Waals surface area contributed by atoms with Crippen LogP contribution in [0.2, 0.25) is 5.02 Å². The lowest BCUT2D eigenvalue weighted by molar-refractivity contribution is 0.189. The van der Waals surface area contributed by atoms with E-state index in [4.69, 9.17) is 16.3 Å². The van der Waals surface area contributed by atoms with E-state index in [1.165, 1.54) is 0 Å². The van der Waals surface area contributed by atoms with E-state index in [2.05, 4.69) is 5.32 Å². The molecule has 1 N–H and O–H groups in total. The van der Waals surface area contributed by atoms with Crippen LogP contribution in [0.3, 0.4) is 0 Å². The van der Waals surface area contributed by atoms with Gasteiger partial charge in [-0.05, 0) is 32.0 Å². The third kappa shape index (κ3) is 3.91. The molecule has 0 aliphatic carbocycles. The lowest BCUT2D eigenvalue weighted by atomic mass is 10.0. The number of benzene rings is 1. The number of hydrogen-bond acceptors (Lipinski definition) is 2. The fraction of sp³-hybridized carbons (Fsp3) is 0.500. The average Bonchev–Trinajstić information content (AvgIpc) is 2.30. The number of ether oxygens (including phenoxy) is 1. The van der Waals surface area contributed by atoms with E-state index in [-0.39, 0.29) is 11.1 Å². The van der Waals surface area contributed by atoms with Gasteiger partial charge in [-0.1, -0.05) is 11.6 Å². The molecular formula is C12H16ClF2NO. The van der Waals surface area contributed by atoms with Crippen molar-refractivity contribution < 1.29 is 13.5 Å². The van der Waals surface area contributed by atoms with Gasteiger partial charge in [-0.25, -0.2) is 8.78 Å². The predicted octanol–water partition coefficient (Wildman–Crippen LogP) is 3.31. The summed E-state index contributed by atoms with van der Waals surface area (Å²) in [6.07, 6.45) is 1.44. The van der Waals surface area contributed by atoms with Crippen LogP contribution in [0, 0.1) is 11.6 Å². The van der Waals surface area contributed by atoms with Crippen LogP contribution in [-0.2, 0) is 4.74 Å². The maximum Gasteiger partial charge on any atom is 0.142 e. The van der Waals surface area contributed by atoms with Gasteiger partial charge in [0.05, 0.1) is 5.02 Å². The van der Waals surface area contributed by atoms with Crippen LogP contribution in [0.1, 0.15) is 24.4 Å². The van der Waals surface area contributed by atoms with Crippen LogP contribution >= 0.6 is 11.6 Å². The van der Waals surface area contributed by atoms with Crippen molar-refractivity contribution in [2.45, 2.75) is 18.9 Å². The highest BCUT2D eigenvalue weighted by molar-refractivity contribution is 6.30. The highest BCUT2D eigenvalue weighted by Crippen LogP contribution is 2.26. The van der Waals surface area contributed by atoms with Gasteiger partial charge >= 0.3 is 0 Å². The zero-order chi connectivity index (χ0) is 12.8. The van der Waals surface area contributed by atoms with Gasteiger partial charge in [0, 0.05) is 25.3 Å². The monoisotopic (exact) mass is 263 g/mol. The molecule has 0 aliphatic rings. The molecule has 1 atom stereocenters. The van der Waals surface area contributed by atoms with Crippen molar-refractivity contribution in [1.29, 1.82) is 0 Å². The standard InChI is InChI=1S/C12H16ClF2NO/c1-16-12(4-3-5-17-2)8-6-11(15)9(13)7-10(8)14/h6-7,12,16H,3-5H2,1-2H3. The summed E-state index contributed by atoms with van der Waals surface area (Å²) >= 11 is 5.51. The molecule has 0 heterocycles. The Bertz CT molecular complexity index is 374. The first-order chi connectivity index (χ1) is 8.10. The molecule has 5 heteroatoms. The Labute approximate surface area is 105 Å². The second-order valence-corrected chi connectivity index (χ2v) is 4.17. The topological polar surface area (TPSA) is 21.3 Å². The second-order valence-electron chi connectivity index (χ2n) is 3.76. The van der Waals surface area contributed by atoms with Crippen LogP contribution in [0.15, 0.2) is 12.1 Å². The third-order valence-corrected chi connectivity index (χ3v) is 2.89. The Balaban J connectivity index is 2.84. The van der Waals surface area contributed by atoms with Crippen molar-refractivity contribution in [1.82, 2.24) is 5.32 Å². The first-order valence-electron chi connectivity index (χ1n) is 5.40. The molecule has 0 bridgehead atoms. The molecule has 0 radical (unpaired) electrons. The number of nitrogens with one attached hydrogen (secondary N) is 1. The summed E-state index contributed by atoms with van der Waals surface area (Å²) in [4.78, 5) is 0. The van der Waals surface area contributed by atoms with Gasteiger partial charge in [-0.2, -0.15) is 0 Å². The minimum atomic E-state index is -0.602. The lowest BCUT2D eigenvalue weighted by Crippen LogP contribution is -2.18. The van der Waals surface area contributed by atoms with Crippen molar-refractivity contribution in [3.05, 3.63) is 34.4 Å². The average molecular weight is 264 g/mol. The van der Waals surface area contributed by atoms with Gasteiger partial charge in [0.25, 0.3) is 0 Å². The molecule has 1 aromatic carbocycles. The first kappa shape index (κ1) is 14.4. The van der Waals surface area contributed by atoms with Crippen LogP contribution in [0.4, 0.5) is 8.78 Å². The van der Waals surface area contributed by atoms with Crippen molar-refractivity contribution in [3.63, 3.8) is 0 Å². The van der Waals surface area contributed by atoms with Gasteiger partial charge in [-0.15, -0.1) is 0 Å². The molecule has 0 aromatic heterocycles. The Morgan fingerprint density at radius 2 is 2.06 bits per heavy atom. The molecule has 0 amide bonds. The van der Waals surface area contributed by atoms with E-state index in [0.29, 0.717) is 18.6 Å². The summed E-state index contributed by atoms with van der Waals surface area (Å²) in [7, 11) is 3.32. The van der Waals surface area contributed by atoms with Crippen molar-refractivity contribution in [2.24, 2.45) is 0 Å². The number of rotatable bonds is 6. The summed E-state index contributed by atoms with van der Waals surface area (Å²) in [6.45, 7) is 0.593. The summed E-state index contributed by atoms with van der Waals surface area (Å²) in [5.74, 6) is -1.09. The second kappa shape index (κ2) is 6.89. The normalized spacial score (nSPS) is 12.8. The SMILES string of the molecule is CNC(CCCOC)c1cc(F)c(Cl)cc1F. The van der Waals surface area contributed by atoms with E-state index < -0.39 is 11.6 Å².